The number of carbonyl (C=O) groups excluding carboxylic acids is 1. The minimum absolute atomic E-state index is 0.176. The molecule has 0 saturated heterocycles. The van der Waals surface area contributed by atoms with Crippen LogP contribution in [-0.2, 0) is 9.53 Å². The van der Waals surface area contributed by atoms with Gasteiger partial charge in [-0.05, 0) is 12.8 Å². The van der Waals surface area contributed by atoms with Gasteiger partial charge in [0.05, 0.1) is 20.1 Å². The molecule has 3 nitrogen and oxygen atoms in total. The van der Waals surface area contributed by atoms with Gasteiger partial charge in [0.15, 0.2) is 0 Å². The molecule has 0 unspecified atom stereocenters. The van der Waals surface area contributed by atoms with Gasteiger partial charge in [-0.3, -0.25) is 4.79 Å². The highest BCUT2D eigenvalue weighted by Crippen LogP contribution is 2.05. The largest absolute Gasteiger partial charge is 0.460 e. The Labute approximate surface area is 87.6 Å². The van der Waals surface area contributed by atoms with Crippen molar-refractivity contribution < 1.29 is 14.0 Å². The van der Waals surface area contributed by atoms with Crippen molar-refractivity contribution in [1.29, 1.82) is 0 Å². The van der Waals surface area contributed by atoms with E-state index in [0.29, 0.717) is 6.61 Å². The number of rotatable bonds is 7. The molecular weight excluding hydrogens is 178 g/mol. The summed E-state index contributed by atoms with van der Waals surface area (Å²) in [7, 11) is 2.23. The van der Waals surface area contributed by atoms with E-state index >= 15 is 0 Å². The van der Waals surface area contributed by atoms with Gasteiger partial charge >= 0.3 is 5.97 Å². The van der Waals surface area contributed by atoms with E-state index in [1.54, 1.807) is 0 Å². The molecule has 0 aromatic rings. The summed E-state index contributed by atoms with van der Waals surface area (Å²) >= 11 is 0. The van der Waals surface area contributed by atoms with E-state index in [-0.39, 0.29) is 5.97 Å². The Balaban J connectivity index is 3.88. The van der Waals surface area contributed by atoms with Gasteiger partial charge in [0.2, 0.25) is 0 Å². The number of likely N-dealkylation sites (N-methyl/N-ethyl adjacent to an activating group) is 1. The molecule has 0 aromatic heterocycles. The van der Waals surface area contributed by atoms with Crippen molar-refractivity contribution in [1.82, 2.24) is 0 Å². The summed E-state index contributed by atoms with van der Waals surface area (Å²) < 4.78 is 5.99. The van der Waals surface area contributed by atoms with E-state index in [1.165, 1.54) is 19.8 Å². The van der Waals surface area contributed by atoms with Crippen LogP contribution in [0.3, 0.4) is 0 Å². The van der Waals surface area contributed by atoms with Gasteiger partial charge in [-0.2, -0.15) is 0 Å². The summed E-state index contributed by atoms with van der Waals surface area (Å²) in [6.45, 7) is 9.65. The van der Waals surface area contributed by atoms with Crippen LogP contribution in [0.25, 0.3) is 0 Å². The number of carbonyl (C=O) groups is 1. The lowest BCUT2D eigenvalue weighted by molar-refractivity contribution is -0.909. The lowest BCUT2D eigenvalue weighted by atomic mass is 10.3. The maximum Gasteiger partial charge on any atom is 0.302 e. The molecule has 0 radical (unpaired) electrons. The van der Waals surface area contributed by atoms with Gasteiger partial charge in [-0.25, -0.2) is 0 Å². The van der Waals surface area contributed by atoms with E-state index < -0.39 is 0 Å². The molecule has 0 aliphatic carbocycles. The summed E-state index contributed by atoms with van der Waals surface area (Å²) in [5.74, 6) is -0.176. The second-order valence-corrected chi connectivity index (χ2v) is 4.13. The Kier molecular flexibility index (Phi) is 6.54. The maximum atomic E-state index is 10.6. The van der Waals surface area contributed by atoms with E-state index in [2.05, 4.69) is 20.9 Å². The summed E-state index contributed by atoms with van der Waals surface area (Å²) in [4.78, 5) is 10.6. The second kappa shape index (κ2) is 6.82. The van der Waals surface area contributed by atoms with Crippen molar-refractivity contribution in [3.05, 3.63) is 0 Å². The molecule has 0 aromatic carbocycles. The number of nitrogens with zero attached hydrogens (tertiary/aromatic N) is 1. The Hall–Kier alpha value is -0.570. The van der Waals surface area contributed by atoms with E-state index in [4.69, 9.17) is 4.74 Å². The Bertz CT molecular complexity index is 163. The first-order valence-electron chi connectivity index (χ1n) is 5.51. The molecule has 0 bridgehead atoms. The normalized spacial score (nSPS) is 11.4. The van der Waals surface area contributed by atoms with E-state index in [9.17, 15) is 4.79 Å². The third-order valence-corrected chi connectivity index (χ3v) is 2.46. The van der Waals surface area contributed by atoms with Crippen LogP contribution in [-0.4, -0.2) is 43.7 Å². The minimum Gasteiger partial charge on any atom is -0.460 e. The first-order valence-corrected chi connectivity index (χ1v) is 5.51. The van der Waals surface area contributed by atoms with Crippen LogP contribution in [0.15, 0.2) is 0 Å². The first kappa shape index (κ1) is 13.4. The molecule has 84 valence electrons. The minimum atomic E-state index is -0.176. The molecule has 0 aliphatic rings. The van der Waals surface area contributed by atoms with Crippen molar-refractivity contribution in [2.75, 3.05) is 33.3 Å². The molecule has 0 heterocycles. The van der Waals surface area contributed by atoms with Gasteiger partial charge in [0.25, 0.3) is 0 Å². The Morgan fingerprint density at radius 2 is 1.64 bits per heavy atom. The van der Waals surface area contributed by atoms with Crippen molar-refractivity contribution >= 4 is 5.97 Å². The lowest BCUT2D eigenvalue weighted by Crippen LogP contribution is -2.47. The fourth-order valence-corrected chi connectivity index (χ4v) is 1.82. The molecule has 0 fully saturated rings. The number of quaternary nitrogens is 1. The van der Waals surface area contributed by atoms with E-state index in [1.807, 2.05) is 0 Å². The second-order valence-electron chi connectivity index (χ2n) is 4.13. The van der Waals surface area contributed by atoms with Gasteiger partial charge in [-0.15, -0.1) is 0 Å². The summed E-state index contributed by atoms with van der Waals surface area (Å²) in [5.41, 5.74) is 0. The monoisotopic (exact) mass is 202 g/mol. The van der Waals surface area contributed by atoms with Gasteiger partial charge in [-0.1, -0.05) is 13.8 Å². The average Bonchev–Trinajstić information content (AvgIpc) is 2.03. The number of hydrogen-bond donors (Lipinski definition) is 0. The third-order valence-electron chi connectivity index (χ3n) is 2.46. The highest BCUT2D eigenvalue weighted by Gasteiger charge is 2.19. The van der Waals surface area contributed by atoms with Crippen molar-refractivity contribution in [2.24, 2.45) is 0 Å². The van der Waals surface area contributed by atoms with Crippen LogP contribution in [0.4, 0.5) is 0 Å². The van der Waals surface area contributed by atoms with Crippen molar-refractivity contribution in [3.8, 4) is 0 Å². The fourth-order valence-electron chi connectivity index (χ4n) is 1.82. The third kappa shape index (κ3) is 5.97. The quantitative estimate of drug-likeness (QED) is 0.465. The highest BCUT2D eigenvalue weighted by molar-refractivity contribution is 5.65. The molecule has 0 aliphatic heterocycles. The SMILES string of the molecule is CCC[N+](C)(CCC)CCOC(C)=O. The van der Waals surface area contributed by atoms with Crippen LogP contribution in [0, 0.1) is 0 Å². The van der Waals surface area contributed by atoms with Crippen LogP contribution in [0.5, 0.6) is 0 Å². The van der Waals surface area contributed by atoms with Gasteiger partial charge in [0.1, 0.15) is 13.2 Å². The average molecular weight is 202 g/mol. The molecule has 0 amide bonds. The smallest absolute Gasteiger partial charge is 0.302 e. The predicted molar refractivity (Wildman–Crippen MR) is 58.0 cm³/mol. The van der Waals surface area contributed by atoms with Crippen molar-refractivity contribution in [3.63, 3.8) is 0 Å². The number of hydrogen-bond acceptors (Lipinski definition) is 2. The summed E-state index contributed by atoms with van der Waals surface area (Å²) in [5, 5.41) is 0. The zero-order valence-corrected chi connectivity index (χ0v) is 10.0. The lowest BCUT2D eigenvalue weighted by Gasteiger charge is -2.33. The van der Waals surface area contributed by atoms with Gasteiger partial charge < -0.3 is 9.22 Å². The fraction of sp³-hybridized carbons (Fsp3) is 0.909. The molecule has 3 heteroatoms. The topological polar surface area (TPSA) is 26.3 Å². The molecule has 14 heavy (non-hydrogen) atoms. The van der Waals surface area contributed by atoms with Gasteiger partial charge in [0, 0.05) is 6.92 Å². The first-order chi connectivity index (χ1) is 6.54. The molecular formula is C11H24NO2+. The van der Waals surface area contributed by atoms with Crippen LogP contribution < -0.4 is 0 Å². The summed E-state index contributed by atoms with van der Waals surface area (Å²) in [6.07, 6.45) is 2.35. The molecule has 0 spiro atoms. The zero-order valence-electron chi connectivity index (χ0n) is 10.0. The molecule has 0 rings (SSSR count). The predicted octanol–water partition coefficient (Wildman–Crippen LogP) is 1.82. The zero-order chi connectivity index (χ0) is 11.0. The van der Waals surface area contributed by atoms with Crippen LogP contribution in [0.2, 0.25) is 0 Å². The Morgan fingerprint density at radius 3 is 2.00 bits per heavy atom. The van der Waals surface area contributed by atoms with Crippen LogP contribution >= 0.6 is 0 Å². The molecule has 0 N–H and O–H groups in total. The summed E-state index contributed by atoms with van der Waals surface area (Å²) in [6, 6.07) is 0. The van der Waals surface area contributed by atoms with Crippen LogP contribution in [0.1, 0.15) is 33.6 Å². The Morgan fingerprint density at radius 1 is 1.14 bits per heavy atom. The molecule has 0 saturated carbocycles. The standard InChI is InChI=1S/C11H24NO2/c1-5-7-12(4,8-6-2)9-10-14-11(3)13/h5-10H2,1-4H3/q+1. The number of ether oxygens (including phenoxy) is 1. The van der Waals surface area contributed by atoms with Crippen molar-refractivity contribution in [2.45, 2.75) is 33.6 Å². The molecule has 0 atom stereocenters. The van der Waals surface area contributed by atoms with E-state index in [0.717, 1.165) is 24.1 Å². The number of esters is 1. The highest BCUT2D eigenvalue weighted by atomic mass is 16.5. The maximum absolute atomic E-state index is 10.6.